The molecule has 2 N–H and O–H groups in total. The van der Waals surface area contributed by atoms with Gasteiger partial charge in [-0.05, 0) is 44.4 Å². The van der Waals surface area contributed by atoms with E-state index in [0.717, 1.165) is 41.2 Å². The van der Waals surface area contributed by atoms with Crippen LogP contribution in [0.1, 0.15) is 37.9 Å². The molecule has 1 aliphatic heterocycles. The van der Waals surface area contributed by atoms with Crippen molar-refractivity contribution in [3.05, 3.63) is 59.1 Å². The van der Waals surface area contributed by atoms with Crippen LogP contribution in [0.3, 0.4) is 0 Å². The molecule has 0 saturated carbocycles. The van der Waals surface area contributed by atoms with Crippen molar-refractivity contribution < 1.29 is 4.39 Å². The summed E-state index contributed by atoms with van der Waals surface area (Å²) < 4.78 is 13.4. The van der Waals surface area contributed by atoms with Gasteiger partial charge >= 0.3 is 0 Å². The third kappa shape index (κ3) is 3.87. The van der Waals surface area contributed by atoms with E-state index >= 15 is 0 Å². The lowest BCUT2D eigenvalue weighted by molar-refractivity contribution is 0.273. The number of aromatic amines is 1. The Hall–Kier alpha value is -2.70. The van der Waals surface area contributed by atoms with Gasteiger partial charge in [-0.25, -0.2) is 9.38 Å². The minimum absolute atomic E-state index is 0.00869. The fraction of sp³-hybridized carbons (Fsp3) is 0.389. The molecule has 0 amide bonds. The second-order valence-electron chi connectivity index (χ2n) is 6.22. The summed E-state index contributed by atoms with van der Waals surface area (Å²) in [4.78, 5) is 10.8. The number of allylic oxidation sites excluding steroid dienone is 1. The molecular weight excluding hydrogens is 319 g/mol. The Balaban J connectivity index is 1.65. The van der Waals surface area contributed by atoms with Crippen molar-refractivity contribution in [3.8, 4) is 0 Å². The van der Waals surface area contributed by atoms with E-state index in [-0.39, 0.29) is 11.9 Å². The number of amidine groups is 1. The van der Waals surface area contributed by atoms with E-state index in [4.69, 9.17) is 0 Å². The summed E-state index contributed by atoms with van der Waals surface area (Å²) >= 11 is 0. The molecular formula is C18H23FN6. The average molecular weight is 342 g/mol. The highest BCUT2D eigenvalue weighted by Gasteiger charge is 2.23. The number of aromatic nitrogens is 3. The van der Waals surface area contributed by atoms with Crippen LogP contribution >= 0.6 is 0 Å². The fourth-order valence-corrected chi connectivity index (χ4v) is 2.94. The molecule has 0 fully saturated rings. The van der Waals surface area contributed by atoms with Crippen molar-refractivity contribution in [1.29, 1.82) is 0 Å². The molecule has 1 atom stereocenters. The van der Waals surface area contributed by atoms with Gasteiger partial charge in [0.25, 0.3) is 0 Å². The number of nitrogens with one attached hydrogen (secondary N) is 2. The number of hydrogen-bond acceptors (Lipinski definition) is 5. The van der Waals surface area contributed by atoms with Crippen LogP contribution in [-0.2, 0) is 6.42 Å². The molecule has 132 valence electrons. The van der Waals surface area contributed by atoms with Crippen molar-refractivity contribution in [1.82, 2.24) is 25.4 Å². The molecule has 3 rings (SSSR count). The minimum Gasteiger partial charge on any atom is -0.370 e. The number of halogens is 1. The minimum atomic E-state index is -0.315. The first-order valence-electron chi connectivity index (χ1n) is 8.37. The second-order valence-corrected chi connectivity index (χ2v) is 6.22. The Morgan fingerprint density at radius 2 is 2.16 bits per heavy atom. The first kappa shape index (κ1) is 17.1. The number of nitrogens with zero attached hydrogens (tertiary/aromatic N) is 4. The van der Waals surface area contributed by atoms with Crippen molar-refractivity contribution in [2.24, 2.45) is 4.99 Å². The summed E-state index contributed by atoms with van der Waals surface area (Å²) in [5.41, 5.74) is 4.25. The van der Waals surface area contributed by atoms with Crippen molar-refractivity contribution >= 4 is 5.84 Å². The Kier molecular flexibility index (Phi) is 5.11. The SMILES string of the molecule is CC1=C(C)N(C(C)c2cncc(F)c2)CN=C1NCCc1cn[nH]c1. The van der Waals surface area contributed by atoms with Crippen molar-refractivity contribution in [2.75, 3.05) is 13.2 Å². The monoisotopic (exact) mass is 342 g/mol. The number of rotatable bonds is 5. The molecule has 0 bridgehead atoms. The predicted molar refractivity (Wildman–Crippen MR) is 95.4 cm³/mol. The highest BCUT2D eigenvalue weighted by atomic mass is 19.1. The third-order valence-corrected chi connectivity index (χ3v) is 4.65. The predicted octanol–water partition coefficient (Wildman–Crippen LogP) is 2.80. The number of pyridine rings is 1. The normalized spacial score (nSPS) is 16.0. The number of H-pyrrole nitrogens is 1. The molecule has 0 aromatic carbocycles. The van der Waals surface area contributed by atoms with Crippen LogP contribution in [0, 0.1) is 5.82 Å². The molecule has 0 radical (unpaired) electrons. The van der Waals surface area contributed by atoms with Gasteiger partial charge in [0.05, 0.1) is 18.4 Å². The molecule has 1 unspecified atom stereocenters. The van der Waals surface area contributed by atoms with E-state index in [2.05, 4.69) is 44.2 Å². The van der Waals surface area contributed by atoms with Crippen LogP contribution in [0.15, 0.2) is 47.1 Å². The summed E-state index contributed by atoms with van der Waals surface area (Å²) in [5, 5.41) is 10.2. The molecule has 3 heterocycles. The Labute approximate surface area is 146 Å². The fourth-order valence-electron chi connectivity index (χ4n) is 2.94. The van der Waals surface area contributed by atoms with Gasteiger partial charge in [0.1, 0.15) is 18.3 Å². The summed E-state index contributed by atoms with van der Waals surface area (Å²) in [6.07, 6.45) is 7.54. The smallest absolute Gasteiger partial charge is 0.141 e. The van der Waals surface area contributed by atoms with E-state index in [0.29, 0.717) is 6.67 Å². The highest BCUT2D eigenvalue weighted by molar-refractivity contribution is 5.98. The lowest BCUT2D eigenvalue weighted by Crippen LogP contribution is -2.37. The molecule has 0 aliphatic carbocycles. The summed E-state index contributed by atoms with van der Waals surface area (Å²) in [5.74, 6) is 0.603. The quantitative estimate of drug-likeness (QED) is 0.877. The van der Waals surface area contributed by atoms with Gasteiger partial charge in [-0.1, -0.05) is 0 Å². The number of aliphatic imine (C=N–C) groups is 1. The zero-order chi connectivity index (χ0) is 17.8. The van der Waals surface area contributed by atoms with Gasteiger partial charge < -0.3 is 10.2 Å². The van der Waals surface area contributed by atoms with Gasteiger partial charge in [0.2, 0.25) is 0 Å². The number of hydrogen-bond donors (Lipinski definition) is 2. The van der Waals surface area contributed by atoms with Crippen LogP contribution < -0.4 is 5.32 Å². The van der Waals surface area contributed by atoms with E-state index in [1.165, 1.54) is 12.3 Å². The van der Waals surface area contributed by atoms with Crippen LogP contribution in [0.25, 0.3) is 0 Å². The lowest BCUT2D eigenvalue weighted by Gasteiger charge is -2.35. The maximum Gasteiger partial charge on any atom is 0.141 e. The topological polar surface area (TPSA) is 69.2 Å². The van der Waals surface area contributed by atoms with Crippen LogP contribution in [-0.4, -0.2) is 39.1 Å². The lowest BCUT2D eigenvalue weighted by atomic mass is 10.1. The van der Waals surface area contributed by atoms with Crippen LogP contribution in [0.5, 0.6) is 0 Å². The molecule has 25 heavy (non-hydrogen) atoms. The standard InChI is InChI=1S/C18H23FN6/c1-12-13(2)25(14(3)16-6-17(19)10-20-9-16)11-22-18(12)21-5-4-15-7-23-24-8-15/h6-10,14H,4-5,11H2,1-3H3,(H,21,22)(H,23,24). The van der Waals surface area contributed by atoms with Gasteiger partial charge in [-0.15, -0.1) is 0 Å². The first-order valence-corrected chi connectivity index (χ1v) is 8.37. The largest absolute Gasteiger partial charge is 0.370 e. The summed E-state index contributed by atoms with van der Waals surface area (Å²) in [7, 11) is 0. The molecule has 0 spiro atoms. The molecule has 2 aromatic heterocycles. The third-order valence-electron chi connectivity index (χ3n) is 4.65. The van der Waals surface area contributed by atoms with E-state index in [1.807, 2.05) is 19.3 Å². The maximum atomic E-state index is 13.4. The van der Waals surface area contributed by atoms with Gasteiger partial charge in [-0.3, -0.25) is 10.1 Å². The Morgan fingerprint density at radius 3 is 2.88 bits per heavy atom. The molecule has 2 aromatic rings. The molecule has 7 heteroatoms. The van der Waals surface area contributed by atoms with Crippen molar-refractivity contribution in [2.45, 2.75) is 33.2 Å². The van der Waals surface area contributed by atoms with Crippen molar-refractivity contribution in [3.63, 3.8) is 0 Å². The summed E-state index contributed by atoms with van der Waals surface area (Å²) in [6, 6.07) is 1.54. The Morgan fingerprint density at radius 1 is 1.32 bits per heavy atom. The molecule has 0 saturated heterocycles. The van der Waals surface area contributed by atoms with E-state index in [9.17, 15) is 4.39 Å². The highest BCUT2D eigenvalue weighted by Crippen LogP contribution is 2.27. The second kappa shape index (κ2) is 7.46. The molecule has 1 aliphatic rings. The van der Waals surface area contributed by atoms with Gasteiger partial charge in [0.15, 0.2) is 0 Å². The summed E-state index contributed by atoms with van der Waals surface area (Å²) in [6.45, 7) is 7.51. The zero-order valence-electron chi connectivity index (χ0n) is 14.8. The zero-order valence-corrected chi connectivity index (χ0v) is 14.8. The average Bonchev–Trinajstić information content (AvgIpc) is 3.12. The van der Waals surface area contributed by atoms with Gasteiger partial charge in [0, 0.05) is 30.2 Å². The van der Waals surface area contributed by atoms with E-state index in [1.54, 1.807) is 6.20 Å². The van der Waals surface area contributed by atoms with Gasteiger partial charge in [-0.2, -0.15) is 5.10 Å². The first-order chi connectivity index (χ1) is 12.1. The van der Waals surface area contributed by atoms with Crippen LogP contribution in [0.2, 0.25) is 0 Å². The van der Waals surface area contributed by atoms with Crippen LogP contribution in [0.4, 0.5) is 4.39 Å². The van der Waals surface area contributed by atoms with E-state index < -0.39 is 0 Å². The molecule has 6 nitrogen and oxygen atoms in total. The Bertz CT molecular complexity index is 781. The maximum absolute atomic E-state index is 13.4.